The highest BCUT2D eigenvalue weighted by atomic mass is 35.5. The molecule has 0 bridgehead atoms. The molecule has 1 atom stereocenters. The van der Waals surface area contributed by atoms with E-state index in [4.69, 9.17) is 11.6 Å². The number of benzene rings is 1. The third kappa shape index (κ3) is 5.69. The molecule has 1 aliphatic rings. The molecule has 144 valence electrons. The number of carbonyl (C=O) groups is 2. The third-order valence-corrected chi connectivity index (χ3v) is 6.20. The van der Waals surface area contributed by atoms with Gasteiger partial charge in [0.1, 0.15) is 0 Å². The van der Waals surface area contributed by atoms with Crippen molar-refractivity contribution in [2.45, 2.75) is 25.3 Å². The van der Waals surface area contributed by atoms with Crippen LogP contribution in [-0.2, 0) is 14.6 Å². The Morgan fingerprint density at radius 3 is 2.42 bits per heavy atom. The van der Waals surface area contributed by atoms with Gasteiger partial charge in [-0.05, 0) is 37.1 Å². The van der Waals surface area contributed by atoms with Gasteiger partial charge in [0.2, 0.25) is 5.91 Å². The van der Waals surface area contributed by atoms with Gasteiger partial charge in [-0.15, -0.1) is 0 Å². The maximum atomic E-state index is 12.5. The van der Waals surface area contributed by atoms with Crippen molar-refractivity contribution >= 4 is 33.3 Å². The van der Waals surface area contributed by atoms with Gasteiger partial charge in [0.05, 0.1) is 17.5 Å². The molecule has 2 rings (SSSR count). The lowest BCUT2D eigenvalue weighted by atomic mass is 10.2. The highest BCUT2D eigenvalue weighted by Gasteiger charge is 2.35. The van der Waals surface area contributed by atoms with E-state index in [0.717, 1.165) is 0 Å². The first kappa shape index (κ1) is 20.7. The Kier molecular flexibility index (Phi) is 7.02. The van der Waals surface area contributed by atoms with Crippen LogP contribution >= 0.6 is 11.6 Å². The highest BCUT2D eigenvalue weighted by molar-refractivity contribution is 7.91. The summed E-state index contributed by atoms with van der Waals surface area (Å²) in [4.78, 5) is 24.5. The van der Waals surface area contributed by atoms with E-state index in [9.17, 15) is 18.0 Å². The summed E-state index contributed by atoms with van der Waals surface area (Å²) in [7, 11) is 0.390. The van der Waals surface area contributed by atoms with E-state index in [1.54, 1.807) is 43.4 Å². The van der Waals surface area contributed by atoms with Crippen LogP contribution in [0, 0.1) is 0 Å². The maximum absolute atomic E-state index is 12.5. The molecule has 1 heterocycles. The molecule has 1 aliphatic heterocycles. The van der Waals surface area contributed by atoms with Gasteiger partial charge >= 0.3 is 0 Å². The van der Waals surface area contributed by atoms with Crippen LogP contribution in [-0.4, -0.2) is 68.4 Å². The van der Waals surface area contributed by atoms with Gasteiger partial charge in [-0.3, -0.25) is 14.6 Å². The first-order valence-corrected chi connectivity index (χ1v) is 10.6. The summed E-state index contributed by atoms with van der Waals surface area (Å²) in [5.74, 6) is -0.241. The summed E-state index contributed by atoms with van der Waals surface area (Å²) in [6, 6.07) is 6.25. The topological polar surface area (TPSA) is 86.8 Å². The van der Waals surface area contributed by atoms with Crippen LogP contribution in [0.25, 0.3) is 0 Å². The molecule has 0 spiro atoms. The Morgan fingerprint density at radius 1 is 1.23 bits per heavy atom. The number of hydrogen-bond donors (Lipinski definition) is 1. The fourth-order valence-corrected chi connectivity index (χ4v) is 4.80. The van der Waals surface area contributed by atoms with Crippen molar-refractivity contribution in [2.24, 2.45) is 0 Å². The summed E-state index contributed by atoms with van der Waals surface area (Å²) in [5, 5.41) is 6.48. The number of sulfone groups is 1. The Balaban J connectivity index is 1.81. The van der Waals surface area contributed by atoms with Gasteiger partial charge in [-0.1, -0.05) is 11.6 Å². The van der Waals surface area contributed by atoms with Gasteiger partial charge in [-0.2, -0.15) is 0 Å². The average molecular weight is 402 g/mol. The van der Waals surface area contributed by atoms with Crippen LogP contribution < -0.4 is 5.32 Å². The molecule has 9 heteroatoms. The fraction of sp³-hybridized carbons (Fsp3) is 0.529. The van der Waals surface area contributed by atoms with Gasteiger partial charge in [0.15, 0.2) is 9.84 Å². The van der Waals surface area contributed by atoms with Crippen molar-refractivity contribution in [2.75, 3.05) is 32.1 Å². The van der Waals surface area contributed by atoms with Crippen LogP contribution in [0.1, 0.15) is 29.6 Å². The first-order valence-electron chi connectivity index (χ1n) is 8.43. The van der Waals surface area contributed by atoms with E-state index >= 15 is 0 Å². The molecule has 2 amide bonds. The quantitative estimate of drug-likeness (QED) is 0.550. The zero-order valence-electron chi connectivity index (χ0n) is 14.9. The summed E-state index contributed by atoms with van der Waals surface area (Å²) < 4.78 is 23.3. The van der Waals surface area contributed by atoms with E-state index in [1.165, 1.54) is 5.01 Å². The molecule has 1 fully saturated rings. The van der Waals surface area contributed by atoms with Crippen molar-refractivity contribution in [3.8, 4) is 0 Å². The molecule has 1 aromatic carbocycles. The number of nitrogens with zero attached hydrogens (tertiary/aromatic N) is 2. The summed E-state index contributed by atoms with van der Waals surface area (Å²) in [6.45, 7) is 0.359. The molecule has 0 aromatic heterocycles. The van der Waals surface area contributed by atoms with Gasteiger partial charge in [-0.25, -0.2) is 13.4 Å². The molecule has 0 radical (unpaired) electrons. The smallest absolute Gasteiger partial charge is 0.251 e. The van der Waals surface area contributed by atoms with Gasteiger partial charge in [0, 0.05) is 37.6 Å². The largest absolute Gasteiger partial charge is 0.352 e. The number of nitrogens with one attached hydrogen (secondary N) is 1. The lowest BCUT2D eigenvalue weighted by Gasteiger charge is -2.33. The van der Waals surface area contributed by atoms with Crippen molar-refractivity contribution in [1.29, 1.82) is 0 Å². The molecule has 1 N–H and O–H groups in total. The lowest BCUT2D eigenvalue weighted by Crippen LogP contribution is -2.49. The van der Waals surface area contributed by atoms with Crippen LogP contribution in [0.2, 0.25) is 5.02 Å². The van der Waals surface area contributed by atoms with E-state index in [1.807, 2.05) is 0 Å². The monoisotopic (exact) mass is 401 g/mol. The molecule has 1 aromatic rings. The predicted octanol–water partition coefficient (Wildman–Crippen LogP) is 1.34. The molecule has 26 heavy (non-hydrogen) atoms. The van der Waals surface area contributed by atoms with Crippen LogP contribution in [0.5, 0.6) is 0 Å². The number of hydrazine groups is 1. The van der Waals surface area contributed by atoms with E-state index in [2.05, 4.69) is 5.32 Å². The zero-order chi connectivity index (χ0) is 19.3. The van der Waals surface area contributed by atoms with Crippen molar-refractivity contribution < 1.29 is 18.0 Å². The maximum Gasteiger partial charge on any atom is 0.251 e. The SMILES string of the molecule is CN(C)N(C(=O)CCCNC(=O)c1ccc(Cl)cc1)C1CCS(=O)(=O)C1. The lowest BCUT2D eigenvalue weighted by molar-refractivity contribution is -0.149. The Morgan fingerprint density at radius 2 is 1.88 bits per heavy atom. The minimum Gasteiger partial charge on any atom is -0.352 e. The van der Waals surface area contributed by atoms with Gasteiger partial charge < -0.3 is 5.32 Å². The molecular weight excluding hydrogens is 378 g/mol. The summed E-state index contributed by atoms with van der Waals surface area (Å²) >= 11 is 5.79. The number of carbonyl (C=O) groups excluding carboxylic acids is 2. The Labute approximate surface area is 159 Å². The van der Waals surface area contributed by atoms with E-state index in [-0.39, 0.29) is 35.8 Å². The molecular formula is C17H24ClN3O4S. The average Bonchev–Trinajstić information content (AvgIpc) is 2.91. The molecule has 0 aliphatic carbocycles. The second-order valence-corrected chi connectivity index (χ2v) is 9.17. The zero-order valence-corrected chi connectivity index (χ0v) is 16.5. The standard InChI is InChI=1S/C17H24ClN3O4S/c1-20(2)21(15-9-11-26(24,25)12-15)16(22)4-3-10-19-17(23)13-5-7-14(18)8-6-13/h5-8,15H,3-4,9-12H2,1-2H3,(H,19,23). The first-order chi connectivity index (χ1) is 12.2. The molecule has 1 saturated heterocycles. The minimum atomic E-state index is -3.06. The summed E-state index contributed by atoms with van der Waals surface area (Å²) in [5.41, 5.74) is 0.506. The van der Waals surface area contributed by atoms with E-state index < -0.39 is 9.84 Å². The van der Waals surface area contributed by atoms with E-state index in [0.29, 0.717) is 30.0 Å². The van der Waals surface area contributed by atoms with Crippen LogP contribution in [0.3, 0.4) is 0 Å². The van der Waals surface area contributed by atoms with Crippen molar-refractivity contribution in [1.82, 2.24) is 15.3 Å². The van der Waals surface area contributed by atoms with Crippen LogP contribution in [0.4, 0.5) is 0 Å². The normalized spacial score (nSPS) is 18.7. The molecule has 0 saturated carbocycles. The summed E-state index contributed by atoms with van der Waals surface area (Å²) in [6.07, 6.45) is 1.16. The van der Waals surface area contributed by atoms with Crippen molar-refractivity contribution in [3.63, 3.8) is 0 Å². The number of hydrogen-bond acceptors (Lipinski definition) is 5. The van der Waals surface area contributed by atoms with Crippen LogP contribution in [0.15, 0.2) is 24.3 Å². The fourth-order valence-electron chi connectivity index (χ4n) is 2.98. The molecule has 1 unspecified atom stereocenters. The number of halogens is 1. The second-order valence-electron chi connectivity index (χ2n) is 6.51. The number of rotatable bonds is 7. The number of amides is 2. The second kappa shape index (κ2) is 8.83. The highest BCUT2D eigenvalue weighted by Crippen LogP contribution is 2.19. The van der Waals surface area contributed by atoms with Crippen molar-refractivity contribution in [3.05, 3.63) is 34.9 Å². The van der Waals surface area contributed by atoms with Gasteiger partial charge in [0.25, 0.3) is 5.91 Å². The minimum absolute atomic E-state index is 0.00419. The predicted molar refractivity (Wildman–Crippen MR) is 101 cm³/mol. The Bertz CT molecular complexity index is 750. The third-order valence-electron chi connectivity index (χ3n) is 4.20. The Hall–Kier alpha value is -1.64. The molecule has 7 nitrogen and oxygen atoms in total.